The Bertz CT molecular complexity index is 959. The first kappa shape index (κ1) is 18.2. The Morgan fingerprint density at radius 2 is 2.08 bits per heavy atom. The standard InChI is InChI=1S/C16H13F3N6S/c1-2-25-13-5-14(16(17,18)19)22-8-12(13)24-15(25)9-23-26-11-4-3-10(6-20)21-7-11/h3-5,7-8,23H,2,9H2,1H3. The molecule has 0 fully saturated rings. The van der Waals surface area contributed by atoms with Crippen LogP contribution in [0.1, 0.15) is 24.1 Å². The second-order valence-corrected chi connectivity index (χ2v) is 6.21. The maximum atomic E-state index is 12.9. The molecular weight excluding hydrogens is 365 g/mol. The Morgan fingerprint density at radius 3 is 2.69 bits per heavy atom. The van der Waals surface area contributed by atoms with E-state index in [1.165, 1.54) is 11.9 Å². The fourth-order valence-electron chi connectivity index (χ4n) is 2.41. The number of nitrogens with one attached hydrogen (secondary N) is 1. The Kier molecular flexibility index (Phi) is 5.11. The minimum Gasteiger partial charge on any atom is -0.327 e. The minimum absolute atomic E-state index is 0.329. The van der Waals surface area contributed by atoms with E-state index in [9.17, 15) is 13.2 Å². The normalized spacial score (nSPS) is 11.7. The number of alkyl halides is 3. The van der Waals surface area contributed by atoms with Gasteiger partial charge in [-0.15, -0.1) is 0 Å². The van der Waals surface area contributed by atoms with Gasteiger partial charge in [0, 0.05) is 17.6 Å². The number of imidazole rings is 1. The number of aryl methyl sites for hydroxylation is 1. The smallest absolute Gasteiger partial charge is 0.327 e. The highest BCUT2D eigenvalue weighted by Crippen LogP contribution is 2.29. The Balaban J connectivity index is 1.77. The molecule has 0 bridgehead atoms. The number of fused-ring (bicyclic) bond motifs is 1. The van der Waals surface area contributed by atoms with Crippen molar-refractivity contribution in [3.63, 3.8) is 0 Å². The average Bonchev–Trinajstić information content (AvgIpc) is 2.98. The lowest BCUT2D eigenvalue weighted by molar-refractivity contribution is -0.141. The first-order valence-corrected chi connectivity index (χ1v) is 8.42. The summed E-state index contributed by atoms with van der Waals surface area (Å²) in [6.45, 7) is 2.67. The summed E-state index contributed by atoms with van der Waals surface area (Å²) >= 11 is 1.30. The molecule has 26 heavy (non-hydrogen) atoms. The third kappa shape index (κ3) is 3.79. The largest absolute Gasteiger partial charge is 0.433 e. The van der Waals surface area contributed by atoms with Crippen molar-refractivity contribution in [1.29, 1.82) is 5.26 Å². The van der Waals surface area contributed by atoms with E-state index in [2.05, 4.69) is 19.7 Å². The molecule has 3 rings (SSSR count). The SMILES string of the molecule is CCn1c(CNSc2ccc(C#N)nc2)nc2cnc(C(F)(F)F)cc21. The molecule has 0 aliphatic heterocycles. The van der Waals surface area contributed by atoms with Gasteiger partial charge in [0.25, 0.3) is 0 Å². The monoisotopic (exact) mass is 378 g/mol. The van der Waals surface area contributed by atoms with E-state index in [0.29, 0.717) is 35.6 Å². The molecule has 0 radical (unpaired) electrons. The van der Waals surface area contributed by atoms with Gasteiger partial charge < -0.3 is 4.57 Å². The fourth-order valence-corrected chi connectivity index (χ4v) is 3.02. The Hall–Kier alpha value is -2.64. The second-order valence-electron chi connectivity index (χ2n) is 5.24. The summed E-state index contributed by atoms with van der Waals surface area (Å²) in [6.07, 6.45) is -1.78. The van der Waals surface area contributed by atoms with Crippen LogP contribution in [0.2, 0.25) is 0 Å². The third-order valence-corrected chi connectivity index (χ3v) is 4.36. The van der Waals surface area contributed by atoms with E-state index < -0.39 is 11.9 Å². The maximum Gasteiger partial charge on any atom is 0.433 e. The van der Waals surface area contributed by atoms with E-state index in [0.717, 1.165) is 17.2 Å². The molecule has 1 N–H and O–H groups in total. The summed E-state index contributed by atoms with van der Waals surface area (Å²) in [5.74, 6) is 0.609. The minimum atomic E-state index is -4.49. The molecule has 134 valence electrons. The van der Waals surface area contributed by atoms with Gasteiger partial charge in [-0.1, -0.05) is 0 Å². The number of aromatic nitrogens is 4. The molecule has 0 spiro atoms. The summed E-state index contributed by atoms with van der Waals surface area (Å²) < 4.78 is 43.4. The highest BCUT2D eigenvalue weighted by Gasteiger charge is 2.33. The van der Waals surface area contributed by atoms with Crippen molar-refractivity contribution in [3.05, 3.63) is 47.8 Å². The van der Waals surface area contributed by atoms with Crippen LogP contribution in [0.15, 0.2) is 35.5 Å². The summed E-state index contributed by atoms with van der Waals surface area (Å²) in [7, 11) is 0. The number of hydrogen-bond donors (Lipinski definition) is 1. The molecule has 10 heteroatoms. The van der Waals surface area contributed by atoms with Crippen LogP contribution in [0.3, 0.4) is 0 Å². The van der Waals surface area contributed by atoms with E-state index in [-0.39, 0.29) is 0 Å². The van der Waals surface area contributed by atoms with Crippen LogP contribution in [-0.4, -0.2) is 19.5 Å². The van der Waals surface area contributed by atoms with Crippen LogP contribution in [0.5, 0.6) is 0 Å². The highest BCUT2D eigenvalue weighted by molar-refractivity contribution is 7.97. The topological polar surface area (TPSA) is 79.4 Å². The predicted molar refractivity (Wildman–Crippen MR) is 89.9 cm³/mol. The summed E-state index contributed by atoms with van der Waals surface area (Å²) in [6, 6.07) is 6.32. The van der Waals surface area contributed by atoms with E-state index in [1.807, 2.05) is 13.0 Å². The number of nitriles is 1. The van der Waals surface area contributed by atoms with Crippen molar-refractivity contribution in [2.45, 2.75) is 31.1 Å². The summed E-state index contributed by atoms with van der Waals surface area (Å²) in [5, 5.41) is 8.73. The number of pyridine rings is 2. The molecule has 0 amide bonds. The molecule has 0 saturated heterocycles. The van der Waals surface area contributed by atoms with Crippen LogP contribution in [0.25, 0.3) is 11.0 Å². The lowest BCUT2D eigenvalue weighted by atomic mass is 10.3. The molecule has 0 saturated carbocycles. The van der Waals surface area contributed by atoms with E-state index >= 15 is 0 Å². The van der Waals surface area contributed by atoms with Crippen molar-refractivity contribution in [2.24, 2.45) is 0 Å². The van der Waals surface area contributed by atoms with Gasteiger partial charge >= 0.3 is 6.18 Å². The van der Waals surface area contributed by atoms with Gasteiger partial charge in [-0.25, -0.2) is 15.0 Å². The first-order chi connectivity index (χ1) is 12.4. The second kappa shape index (κ2) is 7.31. The number of halogens is 3. The zero-order valence-corrected chi connectivity index (χ0v) is 14.4. The van der Waals surface area contributed by atoms with Crippen LogP contribution in [-0.2, 0) is 19.3 Å². The number of nitrogens with zero attached hydrogens (tertiary/aromatic N) is 5. The quantitative estimate of drug-likeness (QED) is 0.684. The summed E-state index contributed by atoms with van der Waals surface area (Å²) in [4.78, 5) is 12.6. The van der Waals surface area contributed by atoms with Crippen molar-refractivity contribution in [2.75, 3.05) is 0 Å². The Morgan fingerprint density at radius 1 is 1.27 bits per heavy atom. The molecule has 3 heterocycles. The van der Waals surface area contributed by atoms with Crippen LogP contribution in [0.4, 0.5) is 13.2 Å². The molecule has 0 aliphatic carbocycles. The maximum absolute atomic E-state index is 12.9. The summed E-state index contributed by atoms with van der Waals surface area (Å²) in [5.41, 5.74) is 0.214. The lowest BCUT2D eigenvalue weighted by Gasteiger charge is -2.08. The highest BCUT2D eigenvalue weighted by atomic mass is 32.2. The zero-order valence-electron chi connectivity index (χ0n) is 13.6. The lowest BCUT2D eigenvalue weighted by Crippen LogP contribution is -2.11. The van der Waals surface area contributed by atoms with Gasteiger partial charge in [-0.05, 0) is 37.1 Å². The van der Waals surface area contributed by atoms with Crippen LogP contribution < -0.4 is 4.72 Å². The van der Waals surface area contributed by atoms with Gasteiger partial charge in [-0.2, -0.15) is 18.4 Å². The van der Waals surface area contributed by atoms with Gasteiger partial charge in [0.05, 0.1) is 18.3 Å². The van der Waals surface area contributed by atoms with Crippen LogP contribution in [0, 0.1) is 11.3 Å². The van der Waals surface area contributed by atoms with Gasteiger partial charge in [-0.3, -0.25) is 4.72 Å². The molecule has 0 unspecified atom stereocenters. The zero-order chi connectivity index (χ0) is 18.7. The molecule has 0 aliphatic rings. The van der Waals surface area contributed by atoms with Gasteiger partial charge in [0.2, 0.25) is 0 Å². The molecular formula is C16H13F3N6S. The predicted octanol–water partition coefficient (Wildman–Crippen LogP) is 3.53. The third-order valence-electron chi connectivity index (χ3n) is 3.59. The first-order valence-electron chi connectivity index (χ1n) is 7.60. The fraction of sp³-hybridized carbons (Fsp3) is 0.250. The van der Waals surface area contributed by atoms with Gasteiger partial charge in [0.1, 0.15) is 28.8 Å². The van der Waals surface area contributed by atoms with Gasteiger partial charge in [0.15, 0.2) is 0 Å². The van der Waals surface area contributed by atoms with E-state index in [4.69, 9.17) is 5.26 Å². The number of rotatable bonds is 5. The van der Waals surface area contributed by atoms with Crippen molar-refractivity contribution >= 4 is 23.0 Å². The average molecular weight is 378 g/mol. The van der Waals surface area contributed by atoms with Crippen molar-refractivity contribution in [3.8, 4) is 6.07 Å². The molecule has 6 nitrogen and oxygen atoms in total. The van der Waals surface area contributed by atoms with Crippen molar-refractivity contribution < 1.29 is 13.2 Å². The molecule has 0 aromatic carbocycles. The molecule has 0 atom stereocenters. The van der Waals surface area contributed by atoms with E-state index in [1.54, 1.807) is 22.9 Å². The molecule has 3 aromatic heterocycles. The van der Waals surface area contributed by atoms with Crippen LogP contribution >= 0.6 is 11.9 Å². The van der Waals surface area contributed by atoms with Crippen molar-refractivity contribution in [1.82, 2.24) is 24.2 Å². The number of hydrogen-bond acceptors (Lipinski definition) is 6. The Labute approximate surface area is 151 Å². The molecule has 3 aromatic rings.